The van der Waals surface area contributed by atoms with Crippen LogP contribution < -0.4 is 25.2 Å². The van der Waals surface area contributed by atoms with Crippen LogP contribution in [0.15, 0.2) is 89.8 Å². The van der Waals surface area contributed by atoms with E-state index in [2.05, 4.69) is 21.6 Å². The van der Waals surface area contributed by atoms with Gasteiger partial charge in [0.15, 0.2) is 0 Å². The summed E-state index contributed by atoms with van der Waals surface area (Å²) in [7, 11) is 3.88. The summed E-state index contributed by atoms with van der Waals surface area (Å²) in [5.74, 6) is -0.273. The molecule has 0 bridgehead atoms. The van der Waals surface area contributed by atoms with Gasteiger partial charge in [0.1, 0.15) is 24.6 Å². The Kier molecular flexibility index (Phi) is 5.73. The number of phenolic OH excluding ortho intramolecular Hbond substituents is 2. The number of hydrogen-bond donors (Lipinski definition) is 2. The van der Waals surface area contributed by atoms with Gasteiger partial charge in [-0.15, -0.1) is 0 Å². The molecule has 7 heteroatoms. The third kappa shape index (κ3) is 3.43. The molecule has 0 saturated carbocycles. The summed E-state index contributed by atoms with van der Waals surface area (Å²) in [5.41, 5.74) is 4.18. The number of hydrogen-bond acceptors (Lipinski definition) is 5. The fourth-order valence-corrected chi connectivity index (χ4v) is 8.54. The number of anilines is 1. The average molecular weight is 625 g/mol. The maximum Gasteiger partial charge on any atom is 0.270 e. The van der Waals surface area contributed by atoms with E-state index >= 15 is 5.11 Å². The number of benzene rings is 6. The molecule has 1 aliphatic carbocycles. The number of aromatic hydroxyl groups is 2. The van der Waals surface area contributed by atoms with E-state index in [0.29, 0.717) is 21.6 Å². The highest BCUT2D eigenvalue weighted by Gasteiger charge is 2.35. The molecule has 9 rings (SSSR count). The van der Waals surface area contributed by atoms with Crippen molar-refractivity contribution >= 4 is 59.9 Å². The minimum absolute atomic E-state index is 0.00216. The molecule has 0 fully saturated rings. The second kappa shape index (κ2) is 9.84. The van der Waals surface area contributed by atoms with Crippen molar-refractivity contribution in [3.05, 3.63) is 129 Å². The highest BCUT2D eigenvalue weighted by atomic mass is 16.3. The van der Waals surface area contributed by atoms with Gasteiger partial charge >= 0.3 is 0 Å². The van der Waals surface area contributed by atoms with Crippen LogP contribution in [-0.2, 0) is 12.8 Å². The summed E-state index contributed by atoms with van der Waals surface area (Å²) >= 11 is 0. The predicted molar refractivity (Wildman–Crippen MR) is 188 cm³/mol. The van der Waals surface area contributed by atoms with Gasteiger partial charge in [-0.1, -0.05) is 66.4 Å². The number of fused-ring (bicyclic) bond motifs is 2. The zero-order valence-corrected chi connectivity index (χ0v) is 26.3. The average Bonchev–Trinajstić information content (AvgIpc) is 3.10. The molecule has 0 aromatic heterocycles. The van der Waals surface area contributed by atoms with Crippen LogP contribution in [0.4, 0.5) is 5.69 Å². The van der Waals surface area contributed by atoms with Crippen molar-refractivity contribution in [1.82, 2.24) is 4.58 Å². The molecule has 0 amide bonds. The number of nitrogens with zero attached hydrogens (tertiary/aromatic N) is 4. The van der Waals surface area contributed by atoms with Crippen LogP contribution in [0, 0.1) is 17.9 Å². The topological polar surface area (TPSA) is 97.9 Å². The fourth-order valence-electron chi connectivity index (χ4n) is 8.54. The van der Waals surface area contributed by atoms with Crippen LogP contribution in [0.3, 0.4) is 0 Å². The Labute approximate surface area is 275 Å². The normalized spacial score (nSPS) is 17.2. The lowest BCUT2D eigenvalue weighted by Crippen LogP contribution is -2.42. The van der Waals surface area contributed by atoms with Gasteiger partial charge in [0.05, 0.1) is 29.1 Å². The first-order valence-corrected chi connectivity index (χ1v) is 16.0. The van der Waals surface area contributed by atoms with Crippen molar-refractivity contribution in [3.63, 3.8) is 0 Å². The Bertz CT molecular complexity index is 2790. The largest absolute Gasteiger partial charge is 0.872 e. The third-order valence-corrected chi connectivity index (χ3v) is 10.4. The van der Waals surface area contributed by atoms with Crippen molar-refractivity contribution in [3.8, 4) is 17.6 Å². The number of allylic oxidation sites excluding steroid dienone is 3. The molecular weight excluding hydrogens is 596 g/mol. The molecule has 6 aromatic carbocycles. The summed E-state index contributed by atoms with van der Waals surface area (Å²) in [6.07, 6.45) is 1.66. The fraction of sp³-hybridized carbons (Fsp3) is 0.146. The standard InChI is InChI=1S/C41H28N4O3/c1-43-27(20-42)35-37(33-23-9-4-5-10-24(23)39(44(2)3)26-12-7-13-28(46)32(26)33)41(48)38(35)34-25-11-6-8-21-16-18-45-19-17-22-14-15-29(47)36(34)31(22)40(45)30(21)25/h4-15H,16-19H2,2-3H3,(H2-,46,47,48)/b35-27-. The third-order valence-electron chi connectivity index (χ3n) is 10.4. The second-order valence-electron chi connectivity index (χ2n) is 12.9. The first kappa shape index (κ1) is 28.0. The van der Waals surface area contributed by atoms with Gasteiger partial charge in [0.25, 0.3) is 5.70 Å². The van der Waals surface area contributed by atoms with Gasteiger partial charge in [0.2, 0.25) is 5.36 Å². The van der Waals surface area contributed by atoms with Gasteiger partial charge in [-0.2, -0.15) is 0 Å². The lowest BCUT2D eigenvalue weighted by molar-refractivity contribution is -0.292. The van der Waals surface area contributed by atoms with E-state index in [0.717, 1.165) is 74.9 Å². The molecule has 0 spiro atoms. The quantitative estimate of drug-likeness (QED) is 0.122. The summed E-state index contributed by atoms with van der Waals surface area (Å²) in [6, 6.07) is 24.9. The van der Waals surface area contributed by atoms with Crippen molar-refractivity contribution in [1.29, 1.82) is 5.26 Å². The van der Waals surface area contributed by atoms with Gasteiger partial charge < -0.3 is 20.2 Å². The molecule has 0 unspecified atom stereocenters. The van der Waals surface area contributed by atoms with Crippen LogP contribution in [0.5, 0.6) is 11.5 Å². The SMILES string of the molecule is [C-]#[N+]/C(C#N)=C1C(c2c3ccccc3c(N(C)C)c3cccc(O)c23)=C([O-])C/1=c1\c2cccc3c2c2c4c(ccc(O)c14)CC[N+]=2CC3. The molecule has 7 nitrogen and oxygen atoms in total. The molecule has 2 N–H and O–H groups in total. The zero-order valence-electron chi connectivity index (χ0n) is 26.3. The maximum atomic E-state index is 15.0. The Morgan fingerprint density at radius 3 is 2.19 bits per heavy atom. The Hall–Kier alpha value is -6.31. The van der Waals surface area contributed by atoms with Crippen molar-refractivity contribution < 1.29 is 15.3 Å². The summed E-state index contributed by atoms with van der Waals surface area (Å²) in [5, 5.41) is 56.3. The lowest BCUT2D eigenvalue weighted by Gasteiger charge is -2.38. The van der Waals surface area contributed by atoms with Gasteiger partial charge in [0, 0.05) is 59.3 Å². The molecule has 2 aliphatic heterocycles. The Morgan fingerprint density at radius 2 is 1.46 bits per heavy atom. The number of nitriles is 1. The van der Waals surface area contributed by atoms with E-state index in [4.69, 9.17) is 6.57 Å². The van der Waals surface area contributed by atoms with Crippen LogP contribution >= 0.6 is 0 Å². The van der Waals surface area contributed by atoms with Gasteiger partial charge in [-0.05, 0) is 50.7 Å². The van der Waals surface area contributed by atoms with E-state index in [1.165, 1.54) is 5.56 Å². The Balaban J connectivity index is 1.57. The molecular formula is C41H28N4O3. The first-order chi connectivity index (χ1) is 23.3. The lowest BCUT2D eigenvalue weighted by atomic mass is 9.73. The van der Waals surface area contributed by atoms with Crippen LogP contribution in [-0.4, -0.2) is 37.4 Å². The first-order valence-electron chi connectivity index (χ1n) is 16.0. The molecule has 0 atom stereocenters. The van der Waals surface area contributed by atoms with Gasteiger partial charge in [-0.3, -0.25) is 0 Å². The van der Waals surface area contributed by atoms with Crippen LogP contribution in [0.1, 0.15) is 16.7 Å². The summed E-state index contributed by atoms with van der Waals surface area (Å²) in [6.45, 7) is 9.84. The van der Waals surface area contributed by atoms with Crippen molar-refractivity contribution in [2.45, 2.75) is 12.8 Å². The minimum Gasteiger partial charge on any atom is -0.872 e. The van der Waals surface area contributed by atoms with E-state index in [-0.39, 0.29) is 39.7 Å². The Morgan fingerprint density at radius 1 is 0.792 bits per heavy atom. The highest BCUT2D eigenvalue weighted by Crippen LogP contribution is 2.53. The zero-order chi connectivity index (χ0) is 33.0. The molecule has 6 aromatic rings. The van der Waals surface area contributed by atoms with Crippen LogP contribution in [0.25, 0.3) is 59.1 Å². The molecule has 3 aliphatic rings. The van der Waals surface area contributed by atoms with E-state index in [1.54, 1.807) is 18.2 Å². The number of rotatable bonds is 2. The summed E-state index contributed by atoms with van der Waals surface area (Å²) in [4.78, 5) is 5.65. The predicted octanol–water partition coefficient (Wildman–Crippen LogP) is 5.01. The van der Waals surface area contributed by atoms with Crippen LogP contribution in [0.2, 0.25) is 0 Å². The van der Waals surface area contributed by atoms with Crippen molar-refractivity contribution in [2.75, 3.05) is 32.1 Å². The highest BCUT2D eigenvalue weighted by molar-refractivity contribution is 6.27. The molecule has 230 valence electrons. The molecule has 2 heterocycles. The second-order valence-corrected chi connectivity index (χ2v) is 12.9. The smallest absolute Gasteiger partial charge is 0.270 e. The summed E-state index contributed by atoms with van der Waals surface area (Å²) < 4.78 is 2.38. The van der Waals surface area contributed by atoms with E-state index < -0.39 is 0 Å². The monoisotopic (exact) mass is 624 g/mol. The van der Waals surface area contributed by atoms with Crippen molar-refractivity contribution in [2.24, 2.45) is 0 Å². The molecule has 0 radical (unpaired) electrons. The minimum atomic E-state index is -0.328. The molecule has 48 heavy (non-hydrogen) atoms. The van der Waals surface area contributed by atoms with E-state index in [1.807, 2.05) is 67.5 Å². The van der Waals surface area contributed by atoms with E-state index in [9.17, 15) is 15.5 Å². The number of phenols is 2. The molecule has 0 saturated heterocycles. The maximum absolute atomic E-state index is 15.0. The van der Waals surface area contributed by atoms with Gasteiger partial charge in [-0.25, -0.2) is 14.7 Å².